The van der Waals surface area contributed by atoms with Gasteiger partial charge < -0.3 is 14.7 Å². The topological polar surface area (TPSA) is 66.8 Å². The average molecular weight is 303 g/mol. The van der Waals surface area contributed by atoms with E-state index >= 15 is 0 Å². The number of likely N-dealkylation sites (tertiary alicyclic amines) is 1. The molecule has 0 saturated carbocycles. The number of ether oxygens (including phenoxy) is 1. The fourth-order valence-corrected chi connectivity index (χ4v) is 2.57. The molecule has 0 spiro atoms. The van der Waals surface area contributed by atoms with Crippen LogP contribution in [-0.2, 0) is 9.59 Å². The highest BCUT2D eigenvalue weighted by atomic mass is 16.5. The monoisotopic (exact) mass is 303 g/mol. The van der Waals surface area contributed by atoms with Gasteiger partial charge in [-0.2, -0.15) is 0 Å². The molecule has 1 amide bonds. The maximum atomic E-state index is 12.2. The Morgan fingerprint density at radius 2 is 2.14 bits per heavy atom. The van der Waals surface area contributed by atoms with Gasteiger partial charge in [0.25, 0.3) is 0 Å². The lowest BCUT2D eigenvalue weighted by Gasteiger charge is -2.19. The molecule has 1 aromatic carbocycles. The molecule has 0 aliphatic carbocycles. The van der Waals surface area contributed by atoms with E-state index in [1.807, 2.05) is 25.1 Å². The number of hydrogen-bond donors (Lipinski definition) is 1. The summed E-state index contributed by atoms with van der Waals surface area (Å²) in [4.78, 5) is 25.0. The first-order valence-corrected chi connectivity index (χ1v) is 7.21. The van der Waals surface area contributed by atoms with Crippen LogP contribution in [0.5, 0.6) is 5.75 Å². The van der Waals surface area contributed by atoms with Crippen LogP contribution in [0.1, 0.15) is 24.5 Å². The standard InChI is InChI=1S/C17H21NO4/c1-12-4-6-14(22-3)13(10-12)5-7-15(19)18-9-8-17(2,11-18)16(20)21/h4-7,10H,8-9,11H2,1-3H3,(H,20,21)/b7-5+. The van der Waals surface area contributed by atoms with Crippen LogP contribution >= 0.6 is 0 Å². The molecule has 1 atom stereocenters. The van der Waals surface area contributed by atoms with E-state index < -0.39 is 11.4 Å². The van der Waals surface area contributed by atoms with Crippen LogP contribution < -0.4 is 4.74 Å². The minimum Gasteiger partial charge on any atom is -0.496 e. The summed E-state index contributed by atoms with van der Waals surface area (Å²) in [6.07, 6.45) is 3.67. The van der Waals surface area contributed by atoms with Crippen LogP contribution in [0, 0.1) is 12.3 Å². The molecular formula is C17H21NO4. The number of carboxylic acids is 1. The van der Waals surface area contributed by atoms with Crippen LogP contribution in [-0.4, -0.2) is 42.1 Å². The molecule has 5 heteroatoms. The highest BCUT2D eigenvalue weighted by Crippen LogP contribution is 2.30. The largest absolute Gasteiger partial charge is 0.496 e. The minimum absolute atomic E-state index is 0.173. The van der Waals surface area contributed by atoms with Crippen LogP contribution in [0.3, 0.4) is 0 Å². The summed E-state index contributed by atoms with van der Waals surface area (Å²) >= 11 is 0. The zero-order valence-corrected chi connectivity index (χ0v) is 13.1. The zero-order chi connectivity index (χ0) is 16.3. The summed E-state index contributed by atoms with van der Waals surface area (Å²) in [5, 5.41) is 9.21. The molecule has 118 valence electrons. The minimum atomic E-state index is -0.855. The van der Waals surface area contributed by atoms with Crippen molar-refractivity contribution in [2.75, 3.05) is 20.2 Å². The Morgan fingerprint density at radius 3 is 2.73 bits per heavy atom. The van der Waals surface area contributed by atoms with Gasteiger partial charge in [0.1, 0.15) is 5.75 Å². The number of benzene rings is 1. The molecule has 2 rings (SSSR count). The van der Waals surface area contributed by atoms with Gasteiger partial charge in [-0.15, -0.1) is 0 Å². The predicted octanol–water partition coefficient (Wildman–Crippen LogP) is 2.34. The molecule has 1 heterocycles. The Bertz CT molecular complexity index is 623. The lowest BCUT2D eigenvalue weighted by molar-refractivity contribution is -0.147. The molecule has 0 aromatic heterocycles. The number of rotatable bonds is 4. The van der Waals surface area contributed by atoms with Gasteiger partial charge in [0.2, 0.25) is 5.91 Å². The van der Waals surface area contributed by atoms with Gasteiger partial charge in [0.15, 0.2) is 0 Å². The number of aliphatic carboxylic acids is 1. The van der Waals surface area contributed by atoms with E-state index in [0.717, 1.165) is 11.1 Å². The van der Waals surface area contributed by atoms with Crippen LogP contribution in [0.4, 0.5) is 0 Å². The molecule has 1 N–H and O–H groups in total. The molecule has 0 bridgehead atoms. The van der Waals surface area contributed by atoms with Crippen molar-refractivity contribution in [2.45, 2.75) is 20.3 Å². The molecule has 1 aliphatic heterocycles. The molecule has 1 saturated heterocycles. The van der Waals surface area contributed by atoms with Crippen molar-refractivity contribution in [1.29, 1.82) is 0 Å². The lowest BCUT2D eigenvalue weighted by Crippen LogP contribution is -2.34. The van der Waals surface area contributed by atoms with E-state index in [1.165, 1.54) is 6.08 Å². The molecular weight excluding hydrogens is 282 g/mol. The normalized spacial score (nSPS) is 21.3. The Kier molecular flexibility index (Phi) is 4.54. The molecule has 1 aromatic rings. The highest BCUT2D eigenvalue weighted by Gasteiger charge is 2.41. The van der Waals surface area contributed by atoms with Crippen molar-refractivity contribution in [3.63, 3.8) is 0 Å². The highest BCUT2D eigenvalue weighted by molar-refractivity contribution is 5.93. The van der Waals surface area contributed by atoms with Crippen LogP contribution in [0.2, 0.25) is 0 Å². The Morgan fingerprint density at radius 1 is 1.41 bits per heavy atom. The van der Waals surface area contributed by atoms with E-state index in [2.05, 4.69) is 0 Å². The van der Waals surface area contributed by atoms with Crippen LogP contribution in [0.15, 0.2) is 24.3 Å². The third-order valence-corrected chi connectivity index (χ3v) is 4.09. The van der Waals surface area contributed by atoms with Gasteiger partial charge in [-0.3, -0.25) is 9.59 Å². The first-order chi connectivity index (χ1) is 10.4. The third-order valence-electron chi connectivity index (χ3n) is 4.09. The van der Waals surface area contributed by atoms with Crippen molar-refractivity contribution in [1.82, 2.24) is 4.90 Å². The van der Waals surface area contributed by atoms with E-state index in [-0.39, 0.29) is 12.5 Å². The Labute approximate surface area is 130 Å². The van der Waals surface area contributed by atoms with Gasteiger partial charge in [-0.05, 0) is 38.5 Å². The quantitative estimate of drug-likeness (QED) is 0.867. The maximum absolute atomic E-state index is 12.2. The second-order valence-corrected chi connectivity index (χ2v) is 5.95. The SMILES string of the molecule is COc1ccc(C)cc1/C=C/C(=O)N1CCC(C)(C(=O)O)C1. The second-order valence-electron chi connectivity index (χ2n) is 5.95. The summed E-state index contributed by atoms with van der Waals surface area (Å²) in [6.45, 7) is 4.36. The summed E-state index contributed by atoms with van der Waals surface area (Å²) in [7, 11) is 1.59. The maximum Gasteiger partial charge on any atom is 0.311 e. The summed E-state index contributed by atoms with van der Waals surface area (Å²) in [5.74, 6) is -0.327. The smallest absolute Gasteiger partial charge is 0.311 e. The van der Waals surface area contributed by atoms with Crippen molar-refractivity contribution in [3.8, 4) is 5.75 Å². The van der Waals surface area contributed by atoms with E-state index in [4.69, 9.17) is 4.74 Å². The molecule has 0 radical (unpaired) electrons. The number of carbonyl (C=O) groups is 2. The van der Waals surface area contributed by atoms with Gasteiger partial charge in [0.05, 0.1) is 12.5 Å². The van der Waals surface area contributed by atoms with Gasteiger partial charge >= 0.3 is 5.97 Å². The van der Waals surface area contributed by atoms with Crippen LogP contribution in [0.25, 0.3) is 6.08 Å². The number of hydrogen-bond acceptors (Lipinski definition) is 3. The average Bonchev–Trinajstić information content (AvgIpc) is 2.89. The number of amides is 1. The summed E-state index contributed by atoms with van der Waals surface area (Å²) < 4.78 is 5.27. The number of methoxy groups -OCH3 is 1. The molecule has 1 unspecified atom stereocenters. The molecule has 1 fully saturated rings. The summed E-state index contributed by atoms with van der Waals surface area (Å²) in [5.41, 5.74) is 1.06. The van der Waals surface area contributed by atoms with E-state index in [0.29, 0.717) is 18.7 Å². The Balaban J connectivity index is 2.10. The zero-order valence-electron chi connectivity index (χ0n) is 13.1. The van der Waals surface area contributed by atoms with E-state index in [1.54, 1.807) is 25.0 Å². The van der Waals surface area contributed by atoms with Gasteiger partial charge in [-0.1, -0.05) is 11.6 Å². The van der Waals surface area contributed by atoms with Gasteiger partial charge in [-0.25, -0.2) is 0 Å². The Hall–Kier alpha value is -2.30. The second kappa shape index (κ2) is 6.22. The lowest BCUT2D eigenvalue weighted by atomic mass is 9.90. The van der Waals surface area contributed by atoms with Crippen molar-refractivity contribution in [2.24, 2.45) is 5.41 Å². The molecule has 22 heavy (non-hydrogen) atoms. The first-order valence-electron chi connectivity index (χ1n) is 7.21. The number of carboxylic acid groups (broad SMARTS) is 1. The van der Waals surface area contributed by atoms with E-state index in [9.17, 15) is 14.7 Å². The summed E-state index contributed by atoms with van der Waals surface area (Å²) in [6, 6.07) is 5.74. The number of carbonyl (C=O) groups excluding carboxylic acids is 1. The predicted molar refractivity (Wildman–Crippen MR) is 83.7 cm³/mol. The van der Waals surface area contributed by atoms with Crippen molar-refractivity contribution < 1.29 is 19.4 Å². The van der Waals surface area contributed by atoms with Crippen molar-refractivity contribution >= 4 is 18.0 Å². The van der Waals surface area contributed by atoms with Gasteiger partial charge in [0, 0.05) is 24.7 Å². The molecule has 5 nitrogen and oxygen atoms in total. The first kappa shape index (κ1) is 16.1. The molecule has 1 aliphatic rings. The fraction of sp³-hybridized carbons (Fsp3) is 0.412. The number of nitrogens with zero attached hydrogens (tertiary/aromatic N) is 1. The third kappa shape index (κ3) is 3.30. The van der Waals surface area contributed by atoms with Crippen molar-refractivity contribution in [3.05, 3.63) is 35.4 Å². The number of aryl methyl sites for hydroxylation is 1. The fourth-order valence-electron chi connectivity index (χ4n) is 2.57.